The maximum Gasteiger partial charge on any atom is 0.257 e. The van der Waals surface area contributed by atoms with Crippen molar-refractivity contribution >= 4 is 43.4 Å². The first kappa shape index (κ1) is 21.5. The molecular weight excluding hydrogens is 436 g/mol. The van der Waals surface area contributed by atoms with E-state index in [0.717, 1.165) is 28.4 Å². The summed E-state index contributed by atoms with van der Waals surface area (Å²) in [5.41, 5.74) is 4.11. The molecule has 5 rings (SSSR count). The van der Waals surface area contributed by atoms with Gasteiger partial charge < -0.3 is 14.2 Å². The molecule has 3 aromatic carbocycles. The molecule has 1 aliphatic rings. The van der Waals surface area contributed by atoms with E-state index in [0.29, 0.717) is 47.8 Å². The Morgan fingerprint density at radius 1 is 0.970 bits per heavy atom. The van der Waals surface area contributed by atoms with E-state index < -0.39 is 0 Å². The molecule has 0 atom stereocenters. The Labute approximate surface area is 196 Å². The van der Waals surface area contributed by atoms with Crippen molar-refractivity contribution in [3.63, 3.8) is 0 Å². The zero-order valence-electron chi connectivity index (χ0n) is 19.0. The largest absolute Gasteiger partial charge is 0.490 e. The molecule has 7 heteroatoms. The summed E-state index contributed by atoms with van der Waals surface area (Å²) in [6.07, 6.45) is 2.13. The molecule has 170 valence electrons. The molecule has 1 N–H and O–H groups in total. The summed E-state index contributed by atoms with van der Waals surface area (Å²) < 4.78 is 18.3. The Morgan fingerprint density at radius 2 is 1.67 bits per heavy atom. The second kappa shape index (κ2) is 8.90. The van der Waals surface area contributed by atoms with E-state index in [4.69, 9.17) is 19.2 Å². The molecule has 0 radical (unpaired) electrons. The van der Waals surface area contributed by atoms with E-state index >= 15 is 0 Å². The normalized spacial score (nSPS) is 12.3. The van der Waals surface area contributed by atoms with Gasteiger partial charge in [0.2, 0.25) is 5.75 Å². The summed E-state index contributed by atoms with van der Waals surface area (Å²) in [5.74, 6) is 1.23. The van der Waals surface area contributed by atoms with Crippen LogP contribution in [0.5, 0.6) is 17.2 Å². The number of hydrogen-bond donors (Lipinski definition) is 1. The van der Waals surface area contributed by atoms with Crippen LogP contribution in [0.3, 0.4) is 0 Å². The van der Waals surface area contributed by atoms with Crippen molar-refractivity contribution in [3.05, 3.63) is 53.1 Å². The van der Waals surface area contributed by atoms with E-state index in [-0.39, 0.29) is 5.91 Å². The average molecular weight is 463 g/mol. The van der Waals surface area contributed by atoms with E-state index in [1.165, 1.54) is 27.8 Å². The van der Waals surface area contributed by atoms with Gasteiger partial charge in [0.25, 0.3) is 5.91 Å². The minimum atomic E-state index is -0.267. The first-order valence-electron chi connectivity index (χ1n) is 11.3. The van der Waals surface area contributed by atoms with Crippen molar-refractivity contribution in [2.75, 3.05) is 25.1 Å². The number of carbonyl (C=O) groups excluding carboxylic acids is 1. The number of nitrogens with zero attached hydrogens (tertiary/aromatic N) is 1. The van der Waals surface area contributed by atoms with Crippen molar-refractivity contribution in [1.82, 2.24) is 4.98 Å². The van der Waals surface area contributed by atoms with Crippen LogP contribution in [0.4, 0.5) is 5.13 Å². The van der Waals surface area contributed by atoms with Crippen LogP contribution in [0.2, 0.25) is 0 Å². The van der Waals surface area contributed by atoms with Gasteiger partial charge in [-0.25, -0.2) is 4.98 Å². The van der Waals surface area contributed by atoms with Crippen molar-refractivity contribution in [2.24, 2.45) is 0 Å². The Kier molecular flexibility index (Phi) is 5.81. The van der Waals surface area contributed by atoms with Gasteiger partial charge in [0.15, 0.2) is 16.6 Å². The predicted molar refractivity (Wildman–Crippen MR) is 132 cm³/mol. The first-order valence-corrected chi connectivity index (χ1v) is 12.2. The molecule has 0 spiro atoms. The van der Waals surface area contributed by atoms with Crippen LogP contribution in [0, 0.1) is 0 Å². The summed E-state index contributed by atoms with van der Waals surface area (Å²) in [6.45, 7) is 7.05. The van der Waals surface area contributed by atoms with Gasteiger partial charge >= 0.3 is 0 Å². The summed E-state index contributed by atoms with van der Waals surface area (Å²) >= 11 is 1.50. The Bertz CT molecular complexity index is 1330. The second-order valence-corrected chi connectivity index (χ2v) is 8.83. The molecule has 0 unspecified atom stereocenters. The van der Waals surface area contributed by atoms with Crippen molar-refractivity contribution in [2.45, 2.75) is 33.6 Å². The monoisotopic (exact) mass is 462 g/mol. The summed E-state index contributed by atoms with van der Waals surface area (Å²) in [6, 6.07) is 12.0. The molecule has 1 heterocycles. The van der Waals surface area contributed by atoms with E-state index in [1.54, 1.807) is 12.1 Å². The maximum atomic E-state index is 13.2. The van der Waals surface area contributed by atoms with Gasteiger partial charge in [-0.1, -0.05) is 29.5 Å². The number of carbonyl (C=O) groups is 1. The summed E-state index contributed by atoms with van der Waals surface area (Å²) in [5, 5.41) is 6.03. The molecule has 1 aromatic heterocycles. The average Bonchev–Trinajstić information content (AvgIpc) is 3.41. The maximum absolute atomic E-state index is 13.2. The first-order chi connectivity index (χ1) is 16.1. The van der Waals surface area contributed by atoms with E-state index in [1.807, 2.05) is 20.8 Å². The van der Waals surface area contributed by atoms with Crippen LogP contribution in [0.25, 0.3) is 21.0 Å². The zero-order chi connectivity index (χ0) is 22.9. The molecular formula is C26H26N2O4S. The molecule has 0 bridgehead atoms. The van der Waals surface area contributed by atoms with Gasteiger partial charge in [-0.15, -0.1) is 0 Å². The minimum Gasteiger partial charge on any atom is -0.490 e. The fourth-order valence-electron chi connectivity index (χ4n) is 4.45. The number of amides is 1. The third-order valence-electron chi connectivity index (χ3n) is 5.74. The fourth-order valence-corrected chi connectivity index (χ4v) is 5.39. The van der Waals surface area contributed by atoms with Crippen LogP contribution < -0.4 is 19.5 Å². The highest BCUT2D eigenvalue weighted by molar-refractivity contribution is 7.22. The van der Waals surface area contributed by atoms with Crippen LogP contribution in [0.1, 0.15) is 42.3 Å². The number of hydrogen-bond acceptors (Lipinski definition) is 6. The number of ether oxygens (including phenoxy) is 3. The van der Waals surface area contributed by atoms with Gasteiger partial charge in [-0.2, -0.15) is 0 Å². The molecule has 0 aliphatic heterocycles. The van der Waals surface area contributed by atoms with E-state index in [9.17, 15) is 4.79 Å². The quantitative estimate of drug-likeness (QED) is 0.348. The smallest absolute Gasteiger partial charge is 0.257 e. The number of fused-ring (bicyclic) bond motifs is 2. The van der Waals surface area contributed by atoms with Crippen LogP contribution in [-0.2, 0) is 12.8 Å². The van der Waals surface area contributed by atoms with Gasteiger partial charge in [0.05, 0.1) is 30.0 Å². The topological polar surface area (TPSA) is 69.7 Å². The highest BCUT2D eigenvalue weighted by Gasteiger charge is 2.21. The van der Waals surface area contributed by atoms with Crippen molar-refractivity contribution in [1.29, 1.82) is 0 Å². The van der Waals surface area contributed by atoms with Crippen molar-refractivity contribution < 1.29 is 19.0 Å². The number of aromatic nitrogens is 1. The molecule has 1 amide bonds. The van der Waals surface area contributed by atoms with Crippen LogP contribution in [0.15, 0.2) is 36.4 Å². The number of rotatable bonds is 8. The zero-order valence-corrected chi connectivity index (χ0v) is 19.8. The van der Waals surface area contributed by atoms with Gasteiger partial charge in [-0.05, 0) is 68.3 Å². The number of thiazole rings is 1. The van der Waals surface area contributed by atoms with Crippen LogP contribution >= 0.6 is 11.3 Å². The fraction of sp³-hybridized carbons (Fsp3) is 0.308. The predicted octanol–water partition coefficient (Wildman–Crippen LogP) is 6.00. The molecule has 0 saturated heterocycles. The van der Waals surface area contributed by atoms with Gasteiger partial charge in [0.1, 0.15) is 0 Å². The third kappa shape index (κ3) is 3.86. The summed E-state index contributed by atoms with van der Waals surface area (Å²) in [4.78, 5) is 18.0. The number of anilines is 1. The molecule has 0 fully saturated rings. The highest BCUT2D eigenvalue weighted by Crippen LogP contribution is 2.41. The Hall–Kier alpha value is -3.32. The molecule has 4 aromatic rings. The minimum absolute atomic E-state index is 0.267. The van der Waals surface area contributed by atoms with Crippen LogP contribution in [-0.4, -0.2) is 30.7 Å². The Balaban J connectivity index is 1.50. The number of benzene rings is 3. The lowest BCUT2D eigenvalue weighted by molar-refractivity contribution is 0.102. The molecule has 33 heavy (non-hydrogen) atoms. The highest BCUT2D eigenvalue weighted by atomic mass is 32.1. The Morgan fingerprint density at radius 3 is 2.36 bits per heavy atom. The van der Waals surface area contributed by atoms with Gasteiger partial charge in [0, 0.05) is 10.9 Å². The lowest BCUT2D eigenvalue weighted by Gasteiger charge is -2.16. The standard InChI is InChI=1S/C26H26N2O4S/c1-4-30-19-12-17(13-20(31-5-2)24(19)32-6-3)25(29)28-26-27-23-18-9-7-8-15-10-11-16(22(15)18)14-21(23)33-26/h7-9,12-14H,4-6,10-11H2,1-3H3,(H,27,28,29). The van der Waals surface area contributed by atoms with Crippen molar-refractivity contribution in [3.8, 4) is 17.2 Å². The molecule has 1 aliphatic carbocycles. The SMILES string of the molecule is CCOc1cc(C(=O)Nc2nc3c(cc4c5c(cccc53)CC4)s2)cc(OCC)c1OCC. The molecule has 6 nitrogen and oxygen atoms in total. The lowest BCUT2D eigenvalue weighted by atomic mass is 10.0. The lowest BCUT2D eigenvalue weighted by Crippen LogP contribution is -2.13. The van der Waals surface area contributed by atoms with E-state index in [2.05, 4.69) is 29.6 Å². The second-order valence-electron chi connectivity index (χ2n) is 7.80. The number of aryl methyl sites for hydroxylation is 2. The molecule has 0 saturated carbocycles. The number of nitrogens with one attached hydrogen (secondary N) is 1. The van der Waals surface area contributed by atoms with Gasteiger partial charge in [-0.3, -0.25) is 10.1 Å². The summed E-state index contributed by atoms with van der Waals surface area (Å²) in [7, 11) is 0. The third-order valence-corrected chi connectivity index (χ3v) is 6.66.